The number of hydrogen-bond donors (Lipinski definition) is 1. The van der Waals surface area contributed by atoms with Crippen molar-refractivity contribution in [2.45, 2.75) is 33.2 Å². The van der Waals surface area contributed by atoms with Crippen molar-refractivity contribution >= 4 is 0 Å². The molecule has 0 spiro atoms. The fourth-order valence-corrected chi connectivity index (χ4v) is 2.78. The van der Waals surface area contributed by atoms with Crippen molar-refractivity contribution in [3.05, 3.63) is 0 Å². The molecule has 0 aromatic heterocycles. The van der Waals surface area contributed by atoms with Gasteiger partial charge in [0.05, 0.1) is 0 Å². The SMILES string of the molecule is CC(C)(C)C1C2CC1C2N. The quantitative estimate of drug-likeness (QED) is 0.542. The van der Waals surface area contributed by atoms with Crippen LogP contribution in [-0.4, -0.2) is 6.04 Å². The summed E-state index contributed by atoms with van der Waals surface area (Å²) in [7, 11) is 0. The molecule has 58 valence electrons. The van der Waals surface area contributed by atoms with Crippen LogP contribution < -0.4 is 5.73 Å². The summed E-state index contributed by atoms with van der Waals surface area (Å²) in [5.41, 5.74) is 6.38. The smallest absolute Gasteiger partial charge is 0.0102 e. The lowest BCUT2D eigenvalue weighted by molar-refractivity contribution is -0.163. The molecule has 0 radical (unpaired) electrons. The highest BCUT2D eigenvalue weighted by atomic mass is 14.8. The predicted octanol–water partition coefficient (Wildman–Crippen LogP) is 1.63. The zero-order chi connectivity index (χ0) is 7.52. The lowest BCUT2D eigenvalue weighted by Crippen LogP contribution is -2.70. The molecule has 3 aliphatic rings. The molecule has 0 saturated heterocycles. The first kappa shape index (κ1) is 6.66. The highest BCUT2D eigenvalue weighted by molar-refractivity contribution is 5.14. The van der Waals surface area contributed by atoms with Crippen molar-refractivity contribution in [2.24, 2.45) is 28.9 Å². The van der Waals surface area contributed by atoms with E-state index < -0.39 is 0 Å². The average Bonchev–Trinajstić information content (AvgIpc) is 1.55. The van der Waals surface area contributed by atoms with Gasteiger partial charge in [-0.25, -0.2) is 0 Å². The van der Waals surface area contributed by atoms with Crippen LogP contribution in [0.5, 0.6) is 0 Å². The first-order chi connectivity index (χ1) is 4.52. The van der Waals surface area contributed by atoms with Crippen LogP contribution in [0.4, 0.5) is 0 Å². The molecular weight excluding hydrogens is 122 g/mol. The molecule has 1 heteroatoms. The van der Waals surface area contributed by atoms with E-state index >= 15 is 0 Å². The van der Waals surface area contributed by atoms with Gasteiger partial charge in [-0.05, 0) is 29.6 Å². The molecule has 3 fully saturated rings. The molecule has 0 aromatic carbocycles. The summed E-state index contributed by atoms with van der Waals surface area (Å²) in [5.74, 6) is 2.71. The van der Waals surface area contributed by atoms with Crippen LogP contribution in [0.25, 0.3) is 0 Å². The third-order valence-corrected chi connectivity index (χ3v) is 3.46. The molecule has 0 aromatic rings. The van der Waals surface area contributed by atoms with Crippen molar-refractivity contribution < 1.29 is 0 Å². The van der Waals surface area contributed by atoms with Gasteiger partial charge in [0.1, 0.15) is 0 Å². The molecule has 3 rings (SSSR count). The predicted molar refractivity (Wildman–Crippen MR) is 42.5 cm³/mol. The topological polar surface area (TPSA) is 26.0 Å². The van der Waals surface area contributed by atoms with Crippen LogP contribution >= 0.6 is 0 Å². The van der Waals surface area contributed by atoms with E-state index in [-0.39, 0.29) is 0 Å². The molecule has 3 saturated carbocycles. The maximum absolute atomic E-state index is 5.86. The van der Waals surface area contributed by atoms with Gasteiger partial charge in [0, 0.05) is 6.04 Å². The fraction of sp³-hybridized carbons (Fsp3) is 1.00. The van der Waals surface area contributed by atoms with E-state index in [2.05, 4.69) is 20.8 Å². The molecule has 1 nitrogen and oxygen atoms in total. The Morgan fingerprint density at radius 3 is 1.80 bits per heavy atom. The van der Waals surface area contributed by atoms with Gasteiger partial charge in [-0.1, -0.05) is 20.8 Å². The van der Waals surface area contributed by atoms with Gasteiger partial charge >= 0.3 is 0 Å². The highest BCUT2D eigenvalue weighted by Gasteiger charge is 2.62. The zero-order valence-electron chi connectivity index (χ0n) is 7.09. The minimum Gasteiger partial charge on any atom is -0.327 e. The summed E-state index contributed by atoms with van der Waals surface area (Å²) >= 11 is 0. The molecule has 10 heavy (non-hydrogen) atoms. The van der Waals surface area contributed by atoms with Gasteiger partial charge in [-0.15, -0.1) is 0 Å². The van der Waals surface area contributed by atoms with E-state index in [1.165, 1.54) is 6.42 Å². The second kappa shape index (κ2) is 1.58. The van der Waals surface area contributed by atoms with Crippen molar-refractivity contribution in [1.29, 1.82) is 0 Å². The molecule has 2 unspecified atom stereocenters. The molecule has 0 aliphatic heterocycles. The van der Waals surface area contributed by atoms with Crippen molar-refractivity contribution in [3.63, 3.8) is 0 Å². The maximum Gasteiger partial charge on any atom is 0.0102 e. The molecule has 3 aliphatic carbocycles. The van der Waals surface area contributed by atoms with Crippen LogP contribution in [0.3, 0.4) is 0 Å². The summed E-state index contributed by atoms with van der Waals surface area (Å²) in [6.45, 7) is 7.01. The first-order valence-corrected chi connectivity index (χ1v) is 4.27. The second-order valence-corrected chi connectivity index (χ2v) is 5.03. The Labute approximate surface area is 63.0 Å². The van der Waals surface area contributed by atoms with Crippen LogP contribution in [0.1, 0.15) is 27.2 Å². The lowest BCUT2D eigenvalue weighted by Gasteiger charge is -2.67. The average molecular weight is 139 g/mol. The van der Waals surface area contributed by atoms with Crippen LogP contribution in [-0.2, 0) is 0 Å². The number of nitrogens with two attached hydrogens (primary N) is 1. The summed E-state index contributed by atoms with van der Waals surface area (Å²) in [6.07, 6.45) is 1.42. The molecular formula is C9H17N. The van der Waals surface area contributed by atoms with Crippen molar-refractivity contribution in [2.75, 3.05) is 0 Å². The summed E-state index contributed by atoms with van der Waals surface area (Å²) in [4.78, 5) is 0. The Kier molecular flexibility index (Phi) is 1.05. The Morgan fingerprint density at radius 1 is 1.20 bits per heavy atom. The Morgan fingerprint density at radius 2 is 1.70 bits per heavy atom. The second-order valence-electron chi connectivity index (χ2n) is 5.03. The van der Waals surface area contributed by atoms with Gasteiger partial charge < -0.3 is 5.73 Å². The van der Waals surface area contributed by atoms with Gasteiger partial charge in [0.25, 0.3) is 0 Å². The van der Waals surface area contributed by atoms with E-state index in [1.807, 2.05) is 0 Å². The van der Waals surface area contributed by atoms with Gasteiger partial charge in [-0.3, -0.25) is 0 Å². The summed E-state index contributed by atoms with van der Waals surface area (Å²) in [6, 6.07) is 0.573. The van der Waals surface area contributed by atoms with E-state index in [4.69, 9.17) is 5.73 Å². The van der Waals surface area contributed by atoms with Crippen molar-refractivity contribution in [1.82, 2.24) is 0 Å². The fourth-order valence-electron chi connectivity index (χ4n) is 2.78. The number of rotatable bonds is 0. The maximum atomic E-state index is 5.86. The lowest BCUT2D eigenvalue weighted by atomic mass is 9.39. The Balaban J connectivity index is 2.02. The minimum atomic E-state index is 0.517. The van der Waals surface area contributed by atoms with E-state index in [0.29, 0.717) is 11.5 Å². The van der Waals surface area contributed by atoms with Crippen LogP contribution in [0.15, 0.2) is 0 Å². The van der Waals surface area contributed by atoms with Gasteiger partial charge in [-0.2, -0.15) is 0 Å². The number of hydrogen-bond acceptors (Lipinski definition) is 1. The largest absolute Gasteiger partial charge is 0.327 e. The molecule has 2 atom stereocenters. The van der Waals surface area contributed by atoms with E-state index in [9.17, 15) is 0 Å². The standard InChI is InChI=1S/C9H17N/c1-9(2,3)7-5-4-6(7)8(5)10/h5-8H,4,10H2,1-3H3. The highest BCUT2D eigenvalue weighted by Crippen LogP contribution is 2.63. The van der Waals surface area contributed by atoms with Crippen LogP contribution in [0, 0.1) is 23.2 Å². The monoisotopic (exact) mass is 139 g/mol. The molecule has 0 heterocycles. The minimum absolute atomic E-state index is 0.517. The Hall–Kier alpha value is -0.0400. The molecule has 2 bridgehead atoms. The third kappa shape index (κ3) is 0.572. The van der Waals surface area contributed by atoms with E-state index in [0.717, 1.165) is 17.8 Å². The van der Waals surface area contributed by atoms with Gasteiger partial charge in [0.15, 0.2) is 0 Å². The van der Waals surface area contributed by atoms with Crippen LogP contribution in [0.2, 0.25) is 0 Å². The summed E-state index contributed by atoms with van der Waals surface area (Å²) in [5, 5.41) is 0. The van der Waals surface area contributed by atoms with Gasteiger partial charge in [0.2, 0.25) is 0 Å². The van der Waals surface area contributed by atoms with E-state index in [1.54, 1.807) is 0 Å². The van der Waals surface area contributed by atoms with Crippen molar-refractivity contribution in [3.8, 4) is 0 Å². The third-order valence-electron chi connectivity index (χ3n) is 3.46. The first-order valence-electron chi connectivity index (χ1n) is 4.27. The molecule has 0 amide bonds. The summed E-state index contributed by atoms with van der Waals surface area (Å²) < 4.78 is 0. The molecule has 2 N–H and O–H groups in total. The normalized spacial score (nSPS) is 51.6. The zero-order valence-corrected chi connectivity index (χ0v) is 7.09. The Bertz CT molecular complexity index is 147.